The molecule has 72 valence electrons. The lowest BCUT2D eigenvalue weighted by molar-refractivity contribution is -0.0875. The summed E-state index contributed by atoms with van der Waals surface area (Å²) in [5.74, 6) is 1.67. The maximum atomic E-state index is 12.1. The minimum atomic E-state index is -4.37. The highest BCUT2D eigenvalue weighted by atomic mass is 19.4. The molecular formula is C10H11F3. The van der Waals surface area contributed by atoms with Gasteiger partial charge in [-0.3, -0.25) is 0 Å². The predicted octanol–water partition coefficient (Wildman–Crippen LogP) is 3.15. The van der Waals surface area contributed by atoms with Crippen molar-refractivity contribution in [2.75, 3.05) is 0 Å². The van der Waals surface area contributed by atoms with Crippen LogP contribution in [0.2, 0.25) is 0 Å². The van der Waals surface area contributed by atoms with Crippen molar-refractivity contribution in [1.82, 2.24) is 0 Å². The Bertz CT molecular complexity index is 276. The van der Waals surface area contributed by atoms with E-state index < -0.39 is 11.7 Å². The molecule has 1 atom stereocenters. The van der Waals surface area contributed by atoms with E-state index in [1.165, 1.54) is 6.08 Å². The second kappa shape index (κ2) is 2.80. The van der Waals surface area contributed by atoms with E-state index in [1.807, 2.05) is 13.8 Å². The number of halogens is 3. The summed E-state index contributed by atoms with van der Waals surface area (Å²) in [6, 6.07) is 0. The summed E-state index contributed by atoms with van der Waals surface area (Å²) in [6.07, 6.45) is 2.37. The molecule has 0 nitrogen and oxygen atoms in total. The summed E-state index contributed by atoms with van der Waals surface area (Å²) >= 11 is 0. The van der Waals surface area contributed by atoms with Crippen LogP contribution in [0.1, 0.15) is 20.3 Å². The van der Waals surface area contributed by atoms with Gasteiger partial charge in [0, 0.05) is 0 Å². The summed E-state index contributed by atoms with van der Waals surface area (Å²) in [5.41, 5.74) is -0.851. The molecule has 0 aromatic rings. The fourth-order valence-electron chi connectivity index (χ4n) is 1.22. The van der Waals surface area contributed by atoms with Crippen molar-refractivity contribution >= 4 is 0 Å². The lowest BCUT2D eigenvalue weighted by atomic mass is 10.1. The number of terminal acetylenes is 1. The van der Waals surface area contributed by atoms with Gasteiger partial charge >= 0.3 is 6.18 Å². The van der Waals surface area contributed by atoms with Gasteiger partial charge in [-0.2, -0.15) is 13.2 Å². The van der Waals surface area contributed by atoms with Crippen molar-refractivity contribution in [3.8, 4) is 12.3 Å². The van der Waals surface area contributed by atoms with Gasteiger partial charge in [-0.1, -0.05) is 25.8 Å². The molecule has 0 heterocycles. The number of hydrogen-bond donors (Lipinski definition) is 0. The molecule has 0 saturated heterocycles. The Labute approximate surface area is 75.8 Å². The molecular weight excluding hydrogens is 177 g/mol. The average Bonchev–Trinajstić information content (AvgIpc) is 2.51. The number of rotatable bonds is 1. The first kappa shape index (κ1) is 10.2. The third-order valence-electron chi connectivity index (χ3n) is 2.42. The SMILES string of the molecule is C#CC(=CC1CC1(C)C)C(F)(F)F. The van der Waals surface area contributed by atoms with Gasteiger partial charge in [0.25, 0.3) is 0 Å². The van der Waals surface area contributed by atoms with Crippen molar-refractivity contribution in [3.63, 3.8) is 0 Å². The van der Waals surface area contributed by atoms with E-state index in [0.29, 0.717) is 0 Å². The first-order valence-electron chi connectivity index (χ1n) is 4.03. The maximum Gasteiger partial charge on any atom is 0.423 e. The van der Waals surface area contributed by atoms with Crippen LogP contribution in [0.3, 0.4) is 0 Å². The lowest BCUT2D eigenvalue weighted by Gasteiger charge is -2.05. The molecule has 13 heavy (non-hydrogen) atoms. The zero-order chi connectivity index (χ0) is 10.3. The van der Waals surface area contributed by atoms with Crippen molar-refractivity contribution in [2.24, 2.45) is 11.3 Å². The Morgan fingerprint density at radius 2 is 2.00 bits per heavy atom. The summed E-state index contributed by atoms with van der Waals surface area (Å²) in [7, 11) is 0. The minimum absolute atomic E-state index is 0.00660. The fraction of sp³-hybridized carbons (Fsp3) is 0.600. The van der Waals surface area contributed by atoms with Gasteiger partial charge < -0.3 is 0 Å². The molecule has 0 aromatic heterocycles. The molecule has 1 aliphatic rings. The predicted molar refractivity (Wildman–Crippen MR) is 44.9 cm³/mol. The maximum absolute atomic E-state index is 12.1. The Balaban J connectivity index is 2.76. The van der Waals surface area contributed by atoms with Crippen LogP contribution in [0.4, 0.5) is 13.2 Å². The van der Waals surface area contributed by atoms with Crippen LogP contribution in [0.5, 0.6) is 0 Å². The number of alkyl halides is 3. The second-order valence-corrected chi connectivity index (χ2v) is 4.02. The first-order valence-corrected chi connectivity index (χ1v) is 4.03. The third-order valence-corrected chi connectivity index (χ3v) is 2.42. The summed E-state index contributed by atoms with van der Waals surface area (Å²) in [5, 5.41) is 0. The van der Waals surface area contributed by atoms with Gasteiger partial charge in [-0.25, -0.2) is 0 Å². The average molecular weight is 188 g/mol. The van der Waals surface area contributed by atoms with Crippen LogP contribution in [-0.4, -0.2) is 6.18 Å². The molecule has 0 amide bonds. The Hall–Kier alpha value is -0.910. The van der Waals surface area contributed by atoms with Crippen LogP contribution in [0.25, 0.3) is 0 Å². The van der Waals surface area contributed by atoms with Crippen LogP contribution in [0.15, 0.2) is 11.6 Å². The number of hydrogen-bond acceptors (Lipinski definition) is 0. The highest BCUT2D eigenvalue weighted by molar-refractivity contribution is 5.32. The van der Waals surface area contributed by atoms with Gasteiger partial charge in [0.2, 0.25) is 0 Å². The van der Waals surface area contributed by atoms with Gasteiger partial charge in [-0.15, -0.1) is 6.42 Å². The van der Waals surface area contributed by atoms with Gasteiger partial charge in [-0.05, 0) is 17.8 Å². The highest BCUT2D eigenvalue weighted by Gasteiger charge is 2.46. The standard InChI is InChI=1S/C10H11F3/c1-4-7(10(11,12)13)5-8-6-9(8,2)3/h1,5,8H,6H2,2-3H3. The van der Waals surface area contributed by atoms with Crippen molar-refractivity contribution in [3.05, 3.63) is 11.6 Å². The quantitative estimate of drug-likeness (QED) is 0.554. The molecule has 1 unspecified atom stereocenters. The topological polar surface area (TPSA) is 0 Å². The van der Waals surface area contributed by atoms with Crippen LogP contribution in [0, 0.1) is 23.7 Å². The van der Waals surface area contributed by atoms with E-state index in [2.05, 4.69) is 0 Å². The van der Waals surface area contributed by atoms with E-state index >= 15 is 0 Å². The molecule has 1 aliphatic carbocycles. The van der Waals surface area contributed by atoms with E-state index in [4.69, 9.17) is 6.42 Å². The zero-order valence-corrected chi connectivity index (χ0v) is 7.57. The van der Waals surface area contributed by atoms with Crippen LogP contribution < -0.4 is 0 Å². The second-order valence-electron chi connectivity index (χ2n) is 4.02. The normalized spacial score (nSPS) is 26.8. The van der Waals surface area contributed by atoms with Gasteiger partial charge in [0.05, 0.1) is 0 Å². The lowest BCUT2D eigenvalue weighted by Crippen LogP contribution is -2.10. The Morgan fingerprint density at radius 3 is 2.23 bits per heavy atom. The van der Waals surface area contributed by atoms with Gasteiger partial charge in [0.15, 0.2) is 0 Å². The smallest absolute Gasteiger partial charge is 0.165 e. The van der Waals surface area contributed by atoms with Crippen molar-refractivity contribution < 1.29 is 13.2 Å². The molecule has 0 aliphatic heterocycles. The minimum Gasteiger partial charge on any atom is -0.165 e. The Morgan fingerprint density at radius 1 is 1.54 bits per heavy atom. The molecule has 1 fully saturated rings. The number of allylic oxidation sites excluding steroid dienone is 2. The van der Waals surface area contributed by atoms with E-state index in [1.54, 1.807) is 5.92 Å². The summed E-state index contributed by atoms with van der Waals surface area (Å²) in [4.78, 5) is 0. The van der Waals surface area contributed by atoms with Gasteiger partial charge in [0.1, 0.15) is 5.57 Å². The molecule has 0 spiro atoms. The van der Waals surface area contributed by atoms with Crippen molar-refractivity contribution in [2.45, 2.75) is 26.4 Å². The Kier molecular flexibility index (Phi) is 2.19. The molecule has 0 N–H and O–H groups in total. The largest absolute Gasteiger partial charge is 0.423 e. The third kappa shape index (κ3) is 2.27. The summed E-state index contributed by atoms with van der Waals surface area (Å²) < 4.78 is 36.4. The molecule has 1 rings (SSSR count). The highest BCUT2D eigenvalue weighted by Crippen LogP contribution is 2.53. The van der Waals surface area contributed by atoms with E-state index in [-0.39, 0.29) is 11.3 Å². The first-order chi connectivity index (χ1) is 5.77. The molecule has 1 saturated carbocycles. The molecule has 0 radical (unpaired) electrons. The van der Waals surface area contributed by atoms with E-state index in [0.717, 1.165) is 6.42 Å². The van der Waals surface area contributed by atoms with Crippen molar-refractivity contribution in [1.29, 1.82) is 0 Å². The van der Waals surface area contributed by atoms with Crippen LogP contribution in [-0.2, 0) is 0 Å². The monoisotopic (exact) mass is 188 g/mol. The molecule has 3 heteroatoms. The summed E-state index contributed by atoms with van der Waals surface area (Å²) in [6.45, 7) is 3.86. The molecule has 0 aromatic carbocycles. The van der Waals surface area contributed by atoms with Crippen LogP contribution >= 0.6 is 0 Å². The van der Waals surface area contributed by atoms with E-state index in [9.17, 15) is 13.2 Å². The zero-order valence-electron chi connectivity index (χ0n) is 7.57. The molecule has 0 bridgehead atoms. The fourth-order valence-corrected chi connectivity index (χ4v) is 1.22.